The predicted molar refractivity (Wildman–Crippen MR) is 70.8 cm³/mol. The van der Waals surface area contributed by atoms with Crippen molar-refractivity contribution in [3.63, 3.8) is 0 Å². The van der Waals surface area contributed by atoms with Crippen LogP contribution in [0.2, 0.25) is 5.02 Å². The number of alkyl halides is 3. The van der Waals surface area contributed by atoms with Crippen molar-refractivity contribution in [3.05, 3.63) is 21.8 Å². The van der Waals surface area contributed by atoms with Crippen molar-refractivity contribution in [3.8, 4) is 0 Å². The quantitative estimate of drug-likeness (QED) is 0.727. The minimum Gasteiger partial charge on any atom is -0.382 e. The number of aryl methyl sites for hydroxylation is 1. The summed E-state index contributed by atoms with van der Waals surface area (Å²) in [6.45, 7) is 10.5. The Labute approximate surface area is 111 Å². The van der Waals surface area contributed by atoms with Crippen LogP contribution in [0, 0.1) is 13.8 Å². The van der Waals surface area contributed by atoms with Crippen LogP contribution < -0.4 is 5.73 Å². The van der Waals surface area contributed by atoms with Gasteiger partial charge in [0.25, 0.3) is 0 Å². The first-order valence-electron chi connectivity index (χ1n) is 5.74. The SMILES string of the molecule is CC.CC.Cc1nc(N)c(Cl)c(C)c1C(F)(F)F. The van der Waals surface area contributed by atoms with Gasteiger partial charge in [0.05, 0.1) is 16.3 Å². The summed E-state index contributed by atoms with van der Waals surface area (Å²) < 4.78 is 37.4. The maximum absolute atomic E-state index is 12.5. The maximum atomic E-state index is 12.5. The molecule has 0 unspecified atom stereocenters. The van der Waals surface area contributed by atoms with Gasteiger partial charge in [-0.05, 0) is 19.4 Å². The van der Waals surface area contributed by atoms with E-state index in [-0.39, 0.29) is 22.1 Å². The summed E-state index contributed by atoms with van der Waals surface area (Å²) in [6, 6.07) is 0. The zero-order valence-corrected chi connectivity index (χ0v) is 12.3. The first-order chi connectivity index (χ1) is 8.25. The molecule has 0 amide bonds. The monoisotopic (exact) mass is 284 g/mol. The molecule has 0 aliphatic rings. The molecule has 0 saturated carbocycles. The normalized spacial score (nSPS) is 9.89. The lowest BCUT2D eigenvalue weighted by atomic mass is 10.1. The predicted octanol–water partition coefficient (Wildman–Crippen LogP) is 5.01. The number of anilines is 1. The molecule has 0 spiro atoms. The summed E-state index contributed by atoms with van der Waals surface area (Å²) in [5.74, 6) is -0.0744. The number of nitrogen functional groups attached to an aromatic ring is 1. The van der Waals surface area contributed by atoms with Crippen LogP contribution in [-0.2, 0) is 6.18 Å². The molecule has 6 heteroatoms. The number of pyridine rings is 1. The van der Waals surface area contributed by atoms with Crippen molar-refractivity contribution in [2.24, 2.45) is 0 Å². The highest BCUT2D eigenvalue weighted by Crippen LogP contribution is 2.37. The lowest BCUT2D eigenvalue weighted by molar-refractivity contribution is -0.138. The third kappa shape index (κ3) is 4.72. The second-order valence-electron chi connectivity index (χ2n) is 2.89. The Morgan fingerprint density at radius 2 is 1.44 bits per heavy atom. The number of nitrogens with zero attached hydrogens (tertiary/aromatic N) is 1. The Hall–Kier alpha value is -0.970. The van der Waals surface area contributed by atoms with Crippen LogP contribution in [0.5, 0.6) is 0 Å². The molecule has 1 aromatic rings. The summed E-state index contributed by atoms with van der Waals surface area (Å²) in [4.78, 5) is 3.53. The molecule has 0 saturated heterocycles. The van der Waals surface area contributed by atoms with Crippen molar-refractivity contribution < 1.29 is 13.2 Å². The van der Waals surface area contributed by atoms with Crippen LogP contribution >= 0.6 is 11.6 Å². The largest absolute Gasteiger partial charge is 0.418 e. The molecule has 0 bridgehead atoms. The van der Waals surface area contributed by atoms with E-state index >= 15 is 0 Å². The third-order valence-electron chi connectivity index (χ3n) is 1.86. The zero-order valence-electron chi connectivity index (χ0n) is 11.5. The van der Waals surface area contributed by atoms with Gasteiger partial charge in [0.2, 0.25) is 0 Å². The van der Waals surface area contributed by atoms with Gasteiger partial charge in [-0.2, -0.15) is 13.2 Å². The van der Waals surface area contributed by atoms with Crippen LogP contribution in [0.3, 0.4) is 0 Å². The molecular formula is C12H20ClF3N2. The van der Waals surface area contributed by atoms with Gasteiger partial charge in [-0.25, -0.2) is 4.98 Å². The average molecular weight is 285 g/mol. The minimum atomic E-state index is -4.45. The summed E-state index contributed by atoms with van der Waals surface area (Å²) in [5.41, 5.74) is 4.28. The maximum Gasteiger partial charge on any atom is 0.418 e. The van der Waals surface area contributed by atoms with Gasteiger partial charge >= 0.3 is 6.18 Å². The molecule has 1 aromatic heterocycles. The number of nitrogens with two attached hydrogens (primary N) is 1. The van der Waals surface area contributed by atoms with Gasteiger partial charge in [-0.3, -0.25) is 0 Å². The first-order valence-corrected chi connectivity index (χ1v) is 6.12. The number of aromatic nitrogens is 1. The van der Waals surface area contributed by atoms with E-state index in [1.807, 2.05) is 27.7 Å². The molecule has 2 N–H and O–H groups in total. The van der Waals surface area contributed by atoms with Crippen molar-refractivity contribution in [2.45, 2.75) is 47.7 Å². The number of halogens is 4. The van der Waals surface area contributed by atoms with Crippen molar-refractivity contribution in [1.29, 1.82) is 0 Å². The standard InChI is InChI=1S/C8H8ClF3N2.2C2H6/c1-3-5(8(10,11)12)4(2)14-7(13)6(3)9;2*1-2/h1-2H3,(H2,13,14);2*1-2H3. The summed E-state index contributed by atoms with van der Waals surface area (Å²) in [7, 11) is 0. The highest BCUT2D eigenvalue weighted by atomic mass is 35.5. The summed E-state index contributed by atoms with van der Waals surface area (Å²) in [6.07, 6.45) is -4.45. The van der Waals surface area contributed by atoms with E-state index in [9.17, 15) is 13.2 Å². The second kappa shape index (κ2) is 8.19. The molecule has 2 nitrogen and oxygen atoms in total. The molecule has 0 aliphatic carbocycles. The third-order valence-corrected chi connectivity index (χ3v) is 2.34. The van der Waals surface area contributed by atoms with E-state index in [2.05, 4.69) is 4.98 Å². The van der Waals surface area contributed by atoms with Crippen LogP contribution in [0.4, 0.5) is 19.0 Å². The fourth-order valence-corrected chi connectivity index (χ4v) is 1.41. The number of hydrogen-bond acceptors (Lipinski definition) is 2. The number of rotatable bonds is 0. The highest BCUT2D eigenvalue weighted by molar-refractivity contribution is 6.33. The van der Waals surface area contributed by atoms with Gasteiger partial charge < -0.3 is 5.73 Å². The highest BCUT2D eigenvalue weighted by Gasteiger charge is 2.36. The smallest absolute Gasteiger partial charge is 0.382 e. The molecule has 0 aliphatic heterocycles. The lowest BCUT2D eigenvalue weighted by Crippen LogP contribution is -2.13. The Morgan fingerprint density at radius 3 is 1.78 bits per heavy atom. The lowest BCUT2D eigenvalue weighted by Gasteiger charge is -2.14. The Kier molecular flexibility index (Phi) is 8.81. The van der Waals surface area contributed by atoms with E-state index in [4.69, 9.17) is 17.3 Å². The molecular weight excluding hydrogens is 265 g/mol. The topological polar surface area (TPSA) is 38.9 Å². The molecule has 0 fully saturated rings. The zero-order chi connectivity index (χ0) is 15.1. The van der Waals surface area contributed by atoms with Crippen molar-refractivity contribution >= 4 is 17.4 Å². The average Bonchev–Trinajstić information content (AvgIpc) is 2.29. The second-order valence-corrected chi connectivity index (χ2v) is 3.27. The Balaban J connectivity index is 0. The van der Waals surface area contributed by atoms with Gasteiger partial charge in [-0.15, -0.1) is 0 Å². The first kappa shape index (κ1) is 19.4. The Bertz CT molecular complexity index is 377. The molecule has 0 aromatic carbocycles. The van der Waals surface area contributed by atoms with Gasteiger partial charge in [0.15, 0.2) is 0 Å². The molecule has 0 radical (unpaired) electrons. The van der Waals surface area contributed by atoms with Gasteiger partial charge in [-0.1, -0.05) is 39.3 Å². The molecule has 1 heterocycles. The molecule has 1 rings (SSSR count). The molecule has 106 valence electrons. The van der Waals surface area contributed by atoms with E-state index in [1.54, 1.807) is 0 Å². The summed E-state index contributed by atoms with van der Waals surface area (Å²) >= 11 is 5.57. The van der Waals surface area contributed by atoms with Crippen molar-refractivity contribution in [1.82, 2.24) is 4.98 Å². The molecule has 18 heavy (non-hydrogen) atoms. The minimum absolute atomic E-state index is 0.0744. The van der Waals surface area contributed by atoms with E-state index in [0.29, 0.717) is 0 Å². The Morgan fingerprint density at radius 1 is 1.06 bits per heavy atom. The van der Waals surface area contributed by atoms with E-state index < -0.39 is 11.7 Å². The van der Waals surface area contributed by atoms with Crippen LogP contribution in [0.15, 0.2) is 0 Å². The van der Waals surface area contributed by atoms with Crippen molar-refractivity contribution in [2.75, 3.05) is 5.73 Å². The number of hydrogen-bond donors (Lipinski definition) is 1. The fraction of sp³-hybridized carbons (Fsp3) is 0.583. The van der Waals surface area contributed by atoms with Crippen LogP contribution in [-0.4, -0.2) is 4.98 Å². The van der Waals surface area contributed by atoms with Gasteiger partial charge in [0, 0.05) is 0 Å². The van der Waals surface area contributed by atoms with Gasteiger partial charge in [0.1, 0.15) is 5.82 Å². The van der Waals surface area contributed by atoms with E-state index in [0.717, 1.165) is 0 Å². The van der Waals surface area contributed by atoms with Crippen LogP contribution in [0.1, 0.15) is 44.5 Å². The van der Waals surface area contributed by atoms with E-state index in [1.165, 1.54) is 13.8 Å². The van der Waals surface area contributed by atoms with Crippen LogP contribution in [0.25, 0.3) is 0 Å². The molecule has 0 atom stereocenters. The summed E-state index contributed by atoms with van der Waals surface area (Å²) in [5, 5.41) is -0.136. The fourth-order valence-electron chi connectivity index (χ4n) is 1.28.